The third kappa shape index (κ3) is 4.45. The van der Waals surface area contributed by atoms with Gasteiger partial charge in [0.2, 0.25) is 0 Å². The Balaban J connectivity index is 1.27. The van der Waals surface area contributed by atoms with Gasteiger partial charge < -0.3 is 18.6 Å². The summed E-state index contributed by atoms with van der Waals surface area (Å²) in [6, 6.07) is 25.6. The maximum atomic E-state index is 6.18. The van der Waals surface area contributed by atoms with Gasteiger partial charge in [-0.3, -0.25) is 0 Å². The molecule has 2 heterocycles. The van der Waals surface area contributed by atoms with Gasteiger partial charge in [0.05, 0.1) is 22.4 Å². The van der Waals surface area contributed by atoms with Gasteiger partial charge in [0, 0.05) is 0 Å². The smallest absolute Gasteiger partial charge is 0.399 e. The first-order chi connectivity index (χ1) is 16.8. The predicted molar refractivity (Wildman–Crippen MR) is 149 cm³/mol. The summed E-state index contributed by atoms with van der Waals surface area (Å²) in [6.45, 7) is 16.6. The third-order valence-electron chi connectivity index (χ3n) is 8.42. The van der Waals surface area contributed by atoms with Gasteiger partial charge in [0.15, 0.2) is 0 Å². The summed E-state index contributed by atoms with van der Waals surface area (Å²) < 4.78 is 24.7. The van der Waals surface area contributed by atoms with E-state index in [-0.39, 0.29) is 36.6 Å². The van der Waals surface area contributed by atoms with E-state index < -0.39 is 0 Å². The van der Waals surface area contributed by atoms with Crippen molar-refractivity contribution in [2.45, 2.75) is 77.8 Å². The summed E-state index contributed by atoms with van der Waals surface area (Å²) in [6.07, 6.45) is 0. The van der Waals surface area contributed by atoms with Gasteiger partial charge >= 0.3 is 14.2 Å². The molecule has 2 fully saturated rings. The monoisotopic (exact) mass is 482 g/mol. The molecule has 0 atom stereocenters. The lowest BCUT2D eigenvalue weighted by atomic mass is 9.78. The van der Waals surface area contributed by atoms with Gasteiger partial charge in [-0.1, -0.05) is 72.8 Å². The van der Waals surface area contributed by atoms with E-state index in [0.29, 0.717) is 0 Å². The van der Waals surface area contributed by atoms with Gasteiger partial charge in [-0.15, -0.1) is 0 Å². The lowest BCUT2D eigenvalue weighted by molar-refractivity contribution is 0.00578. The summed E-state index contributed by atoms with van der Waals surface area (Å²) in [4.78, 5) is 0. The van der Waals surface area contributed by atoms with Gasteiger partial charge in [-0.05, 0) is 88.6 Å². The quantitative estimate of drug-likeness (QED) is 0.453. The van der Waals surface area contributed by atoms with E-state index in [1.165, 1.54) is 11.1 Å². The van der Waals surface area contributed by atoms with E-state index in [4.69, 9.17) is 18.6 Å². The van der Waals surface area contributed by atoms with Crippen LogP contribution in [0.4, 0.5) is 0 Å². The molecule has 0 aromatic heterocycles. The van der Waals surface area contributed by atoms with Crippen LogP contribution in [0.1, 0.15) is 55.4 Å². The molecule has 0 N–H and O–H groups in total. The summed E-state index contributed by atoms with van der Waals surface area (Å²) in [5.74, 6) is 0. The number of rotatable bonds is 4. The van der Waals surface area contributed by atoms with Crippen molar-refractivity contribution in [3.05, 3.63) is 72.8 Å². The molecule has 2 saturated heterocycles. The maximum absolute atomic E-state index is 6.18. The van der Waals surface area contributed by atoms with Crippen LogP contribution >= 0.6 is 0 Å². The predicted octanol–water partition coefficient (Wildman–Crippen LogP) is 5.62. The summed E-state index contributed by atoms with van der Waals surface area (Å²) in [5, 5.41) is 0. The largest absolute Gasteiger partial charge is 0.494 e. The summed E-state index contributed by atoms with van der Waals surface area (Å²) in [7, 11) is -0.682. The van der Waals surface area contributed by atoms with Crippen molar-refractivity contribution in [1.82, 2.24) is 0 Å². The molecule has 6 heteroatoms. The van der Waals surface area contributed by atoms with Crippen LogP contribution in [0.2, 0.25) is 0 Å². The topological polar surface area (TPSA) is 36.9 Å². The molecular formula is C30H36B2O4. The van der Waals surface area contributed by atoms with Crippen LogP contribution in [0.25, 0.3) is 22.3 Å². The Morgan fingerprint density at radius 3 is 0.778 bits per heavy atom. The SMILES string of the molecule is CC1(C)OB(c2ccc(-c3ccc(-c4ccc(B5OC(C)(C)C(C)(C)O5)cc4)cc3)cc2)OC1(C)C. The third-order valence-corrected chi connectivity index (χ3v) is 8.42. The summed E-state index contributed by atoms with van der Waals surface area (Å²) in [5.41, 5.74) is 5.40. The molecule has 0 spiro atoms. The minimum atomic E-state index is -0.341. The number of hydrogen-bond donors (Lipinski definition) is 0. The highest BCUT2D eigenvalue weighted by atomic mass is 16.7. The molecule has 4 nitrogen and oxygen atoms in total. The first-order valence-electron chi connectivity index (χ1n) is 12.8. The minimum Gasteiger partial charge on any atom is -0.399 e. The van der Waals surface area contributed by atoms with E-state index in [0.717, 1.165) is 22.1 Å². The molecule has 36 heavy (non-hydrogen) atoms. The van der Waals surface area contributed by atoms with Gasteiger partial charge in [-0.2, -0.15) is 0 Å². The zero-order valence-corrected chi connectivity index (χ0v) is 22.7. The fourth-order valence-electron chi connectivity index (χ4n) is 4.48. The Kier molecular flexibility index (Phi) is 6.04. The zero-order chi connectivity index (χ0) is 25.9. The second kappa shape index (κ2) is 8.59. The molecule has 2 aliphatic rings. The molecule has 2 aliphatic heterocycles. The second-order valence-electron chi connectivity index (χ2n) is 12.0. The van der Waals surface area contributed by atoms with Crippen LogP contribution in [-0.4, -0.2) is 36.6 Å². The normalized spacial score (nSPS) is 21.7. The maximum Gasteiger partial charge on any atom is 0.494 e. The van der Waals surface area contributed by atoms with Crippen molar-refractivity contribution in [2.75, 3.05) is 0 Å². The first-order valence-corrected chi connectivity index (χ1v) is 12.8. The van der Waals surface area contributed by atoms with Crippen molar-refractivity contribution in [2.24, 2.45) is 0 Å². The Hall–Kier alpha value is -2.37. The van der Waals surface area contributed by atoms with Crippen molar-refractivity contribution >= 4 is 25.2 Å². The molecule has 0 aliphatic carbocycles. The van der Waals surface area contributed by atoms with E-state index in [1.54, 1.807) is 0 Å². The Labute approximate surface area is 216 Å². The highest BCUT2D eigenvalue weighted by molar-refractivity contribution is 6.62. The highest BCUT2D eigenvalue weighted by Crippen LogP contribution is 2.37. The molecule has 3 aromatic carbocycles. The summed E-state index contributed by atoms with van der Waals surface area (Å²) >= 11 is 0. The molecule has 0 saturated carbocycles. The second-order valence-corrected chi connectivity index (χ2v) is 12.0. The van der Waals surface area contributed by atoms with Crippen molar-refractivity contribution < 1.29 is 18.6 Å². The van der Waals surface area contributed by atoms with Crippen LogP contribution in [-0.2, 0) is 18.6 Å². The average molecular weight is 482 g/mol. The molecule has 5 rings (SSSR count). The van der Waals surface area contributed by atoms with Crippen molar-refractivity contribution in [3.63, 3.8) is 0 Å². The fourth-order valence-corrected chi connectivity index (χ4v) is 4.48. The standard InChI is InChI=1S/C30H36B2O4/c1-27(2)28(3,4)34-31(33-27)25-17-13-23(14-18-25)21-9-11-22(12-10-21)24-15-19-26(20-16-24)32-35-29(5,6)30(7,8)36-32/h9-20H,1-8H3. The molecule has 0 bridgehead atoms. The van der Waals surface area contributed by atoms with Crippen LogP contribution < -0.4 is 10.9 Å². The molecule has 186 valence electrons. The molecule has 0 radical (unpaired) electrons. The van der Waals surface area contributed by atoms with Crippen molar-refractivity contribution in [3.8, 4) is 22.3 Å². The van der Waals surface area contributed by atoms with Crippen LogP contribution in [0.15, 0.2) is 72.8 Å². The molecule has 0 amide bonds. The molecule has 0 unspecified atom stereocenters. The Morgan fingerprint density at radius 1 is 0.361 bits per heavy atom. The Morgan fingerprint density at radius 2 is 0.556 bits per heavy atom. The Bertz CT molecular complexity index is 1100. The minimum absolute atomic E-state index is 0.339. The lowest BCUT2D eigenvalue weighted by Crippen LogP contribution is -2.41. The van der Waals surface area contributed by atoms with Gasteiger partial charge in [0.25, 0.3) is 0 Å². The first kappa shape index (κ1) is 25.3. The lowest BCUT2D eigenvalue weighted by Gasteiger charge is -2.32. The average Bonchev–Trinajstić information content (AvgIpc) is 3.19. The van der Waals surface area contributed by atoms with Crippen LogP contribution in [0.3, 0.4) is 0 Å². The fraction of sp³-hybridized carbons (Fsp3) is 0.400. The highest BCUT2D eigenvalue weighted by Gasteiger charge is 2.52. The molecular weight excluding hydrogens is 446 g/mol. The molecule has 3 aromatic rings. The number of benzene rings is 3. The van der Waals surface area contributed by atoms with Crippen molar-refractivity contribution in [1.29, 1.82) is 0 Å². The van der Waals surface area contributed by atoms with E-state index in [1.807, 2.05) is 0 Å². The number of hydrogen-bond acceptors (Lipinski definition) is 4. The van der Waals surface area contributed by atoms with E-state index in [9.17, 15) is 0 Å². The van der Waals surface area contributed by atoms with E-state index in [2.05, 4.69) is 128 Å². The van der Waals surface area contributed by atoms with Gasteiger partial charge in [0.1, 0.15) is 0 Å². The van der Waals surface area contributed by atoms with Crippen LogP contribution in [0.5, 0.6) is 0 Å². The zero-order valence-electron chi connectivity index (χ0n) is 22.7. The van der Waals surface area contributed by atoms with Gasteiger partial charge in [-0.25, -0.2) is 0 Å². The van der Waals surface area contributed by atoms with Crippen LogP contribution in [0, 0.1) is 0 Å². The van der Waals surface area contributed by atoms with E-state index >= 15 is 0 Å².